The number of hydrogen-bond acceptors (Lipinski definition) is 5. The molecule has 6 heteroatoms. The van der Waals surface area contributed by atoms with Crippen molar-refractivity contribution in [3.8, 4) is 11.5 Å². The standard InChI is InChI=1S/C20H25NO5/c1-3-25-19-11-16(20(24)17(23)12-21-14(2)22)9-10-18(19)26-13-15-7-5-4-6-8-15/h4-11,17,20,23-24H,3,12-13H2,1-2H3,(H,21,22). The molecular weight excluding hydrogens is 334 g/mol. The summed E-state index contributed by atoms with van der Waals surface area (Å²) in [4.78, 5) is 10.9. The highest BCUT2D eigenvalue weighted by atomic mass is 16.5. The predicted molar refractivity (Wildman–Crippen MR) is 98.0 cm³/mol. The summed E-state index contributed by atoms with van der Waals surface area (Å²) < 4.78 is 11.4. The minimum Gasteiger partial charge on any atom is -0.490 e. The Bertz CT molecular complexity index is 705. The Hall–Kier alpha value is -2.57. The number of nitrogens with one attached hydrogen (secondary N) is 1. The highest BCUT2D eigenvalue weighted by Crippen LogP contribution is 2.32. The zero-order chi connectivity index (χ0) is 18.9. The molecule has 3 N–H and O–H groups in total. The molecule has 2 atom stereocenters. The summed E-state index contributed by atoms with van der Waals surface area (Å²) in [5.74, 6) is 0.783. The van der Waals surface area contributed by atoms with Gasteiger partial charge < -0.3 is 25.0 Å². The van der Waals surface area contributed by atoms with E-state index >= 15 is 0 Å². The predicted octanol–water partition coefficient (Wildman–Crippen LogP) is 2.19. The van der Waals surface area contributed by atoms with Crippen LogP contribution in [0.25, 0.3) is 0 Å². The zero-order valence-corrected chi connectivity index (χ0v) is 15.0. The van der Waals surface area contributed by atoms with Crippen LogP contribution in [0.1, 0.15) is 31.1 Å². The first-order valence-electron chi connectivity index (χ1n) is 8.55. The fourth-order valence-electron chi connectivity index (χ4n) is 2.41. The van der Waals surface area contributed by atoms with Crippen LogP contribution in [0, 0.1) is 0 Å². The molecule has 1 amide bonds. The van der Waals surface area contributed by atoms with Gasteiger partial charge in [-0.2, -0.15) is 0 Å². The lowest BCUT2D eigenvalue weighted by atomic mass is 10.0. The number of aliphatic hydroxyl groups is 2. The van der Waals surface area contributed by atoms with Crippen LogP contribution >= 0.6 is 0 Å². The van der Waals surface area contributed by atoms with Gasteiger partial charge in [0.1, 0.15) is 18.8 Å². The van der Waals surface area contributed by atoms with Gasteiger partial charge >= 0.3 is 0 Å². The Kier molecular flexibility index (Phi) is 7.44. The van der Waals surface area contributed by atoms with Crippen molar-refractivity contribution in [3.05, 3.63) is 59.7 Å². The third-order valence-electron chi connectivity index (χ3n) is 3.77. The van der Waals surface area contributed by atoms with Gasteiger partial charge in [-0.1, -0.05) is 36.4 Å². The van der Waals surface area contributed by atoms with Crippen molar-refractivity contribution >= 4 is 5.91 Å². The van der Waals surface area contributed by atoms with E-state index in [0.29, 0.717) is 30.3 Å². The minimum atomic E-state index is -1.15. The van der Waals surface area contributed by atoms with Crippen molar-refractivity contribution in [3.63, 3.8) is 0 Å². The van der Waals surface area contributed by atoms with Crippen LogP contribution < -0.4 is 14.8 Å². The Morgan fingerprint density at radius 3 is 2.46 bits per heavy atom. The highest BCUT2D eigenvalue weighted by Gasteiger charge is 2.20. The van der Waals surface area contributed by atoms with Gasteiger partial charge in [0.05, 0.1) is 6.61 Å². The van der Waals surface area contributed by atoms with Gasteiger partial charge in [-0.15, -0.1) is 0 Å². The molecule has 0 aliphatic heterocycles. The van der Waals surface area contributed by atoms with Crippen LogP contribution in [0.5, 0.6) is 11.5 Å². The number of amides is 1. The van der Waals surface area contributed by atoms with Crippen LogP contribution in [0.2, 0.25) is 0 Å². The third kappa shape index (κ3) is 5.75. The lowest BCUT2D eigenvalue weighted by Crippen LogP contribution is -2.34. The second-order valence-corrected chi connectivity index (χ2v) is 5.86. The van der Waals surface area contributed by atoms with E-state index in [2.05, 4.69) is 5.32 Å². The molecule has 140 valence electrons. The monoisotopic (exact) mass is 359 g/mol. The molecule has 0 radical (unpaired) electrons. The second kappa shape index (κ2) is 9.79. The van der Waals surface area contributed by atoms with E-state index in [0.717, 1.165) is 5.56 Å². The first-order valence-corrected chi connectivity index (χ1v) is 8.55. The zero-order valence-electron chi connectivity index (χ0n) is 15.0. The van der Waals surface area contributed by atoms with Crippen molar-refractivity contribution in [2.45, 2.75) is 32.7 Å². The van der Waals surface area contributed by atoms with E-state index in [4.69, 9.17) is 9.47 Å². The first kappa shape index (κ1) is 19.8. The number of aliphatic hydroxyl groups excluding tert-OH is 2. The Morgan fingerprint density at radius 1 is 1.08 bits per heavy atom. The number of carbonyl (C=O) groups is 1. The van der Waals surface area contributed by atoms with Gasteiger partial charge in [0.2, 0.25) is 5.91 Å². The van der Waals surface area contributed by atoms with Crippen molar-refractivity contribution in [2.75, 3.05) is 13.2 Å². The molecule has 0 aromatic heterocycles. The molecule has 0 aliphatic carbocycles. The van der Waals surface area contributed by atoms with E-state index in [-0.39, 0.29) is 12.5 Å². The summed E-state index contributed by atoms with van der Waals surface area (Å²) in [6, 6.07) is 14.8. The lowest BCUT2D eigenvalue weighted by molar-refractivity contribution is -0.119. The highest BCUT2D eigenvalue weighted by molar-refractivity contribution is 5.72. The minimum absolute atomic E-state index is 0.0350. The molecule has 0 heterocycles. The molecular formula is C20H25NO5. The van der Waals surface area contributed by atoms with Crippen molar-refractivity contribution < 1.29 is 24.5 Å². The number of hydrogen-bond donors (Lipinski definition) is 3. The van der Waals surface area contributed by atoms with Gasteiger partial charge in [-0.3, -0.25) is 4.79 Å². The summed E-state index contributed by atoms with van der Waals surface area (Å²) >= 11 is 0. The van der Waals surface area contributed by atoms with Crippen LogP contribution in [-0.4, -0.2) is 35.4 Å². The molecule has 2 aromatic carbocycles. The summed E-state index contributed by atoms with van der Waals surface area (Å²) in [5, 5.41) is 22.8. The van der Waals surface area contributed by atoms with Gasteiger partial charge in [0.15, 0.2) is 11.5 Å². The van der Waals surface area contributed by atoms with Gasteiger partial charge in [0, 0.05) is 13.5 Å². The largest absolute Gasteiger partial charge is 0.490 e. The van der Waals surface area contributed by atoms with Gasteiger partial charge in [-0.25, -0.2) is 0 Å². The maximum Gasteiger partial charge on any atom is 0.216 e. The second-order valence-electron chi connectivity index (χ2n) is 5.86. The molecule has 26 heavy (non-hydrogen) atoms. The van der Waals surface area contributed by atoms with Crippen molar-refractivity contribution in [1.29, 1.82) is 0 Å². The average Bonchev–Trinajstić information content (AvgIpc) is 2.65. The quantitative estimate of drug-likeness (QED) is 0.639. The van der Waals surface area contributed by atoms with Gasteiger partial charge in [-0.05, 0) is 30.2 Å². The normalized spacial score (nSPS) is 12.9. The topological polar surface area (TPSA) is 88.0 Å². The summed E-state index contributed by atoms with van der Waals surface area (Å²) in [6.45, 7) is 4.01. The fraction of sp³-hybridized carbons (Fsp3) is 0.350. The average molecular weight is 359 g/mol. The van der Waals surface area contributed by atoms with E-state index < -0.39 is 12.2 Å². The molecule has 2 unspecified atom stereocenters. The van der Waals surface area contributed by atoms with Crippen LogP contribution in [0.3, 0.4) is 0 Å². The summed E-state index contributed by atoms with van der Waals surface area (Å²) in [7, 11) is 0. The SMILES string of the molecule is CCOc1cc(C(O)C(O)CNC(C)=O)ccc1OCc1ccccc1. The Morgan fingerprint density at radius 2 is 1.81 bits per heavy atom. The lowest BCUT2D eigenvalue weighted by Gasteiger charge is -2.20. The fourth-order valence-corrected chi connectivity index (χ4v) is 2.41. The number of ether oxygens (including phenoxy) is 2. The van der Waals surface area contributed by atoms with Crippen LogP contribution in [-0.2, 0) is 11.4 Å². The molecule has 6 nitrogen and oxygen atoms in total. The number of carbonyl (C=O) groups excluding carboxylic acids is 1. The molecule has 0 spiro atoms. The van der Waals surface area contributed by atoms with Crippen LogP contribution in [0.4, 0.5) is 0 Å². The van der Waals surface area contributed by atoms with E-state index in [1.54, 1.807) is 18.2 Å². The molecule has 0 fully saturated rings. The van der Waals surface area contributed by atoms with Crippen molar-refractivity contribution in [1.82, 2.24) is 5.32 Å². The molecule has 0 saturated heterocycles. The maximum atomic E-state index is 10.9. The molecule has 2 aromatic rings. The third-order valence-corrected chi connectivity index (χ3v) is 3.77. The maximum absolute atomic E-state index is 10.9. The first-order chi connectivity index (χ1) is 12.5. The van der Waals surface area contributed by atoms with E-state index in [9.17, 15) is 15.0 Å². The van der Waals surface area contributed by atoms with Crippen LogP contribution in [0.15, 0.2) is 48.5 Å². The number of benzene rings is 2. The molecule has 0 bridgehead atoms. The molecule has 2 rings (SSSR count). The smallest absolute Gasteiger partial charge is 0.216 e. The Balaban J connectivity index is 2.10. The van der Waals surface area contributed by atoms with Crippen molar-refractivity contribution in [2.24, 2.45) is 0 Å². The molecule has 0 saturated carbocycles. The van der Waals surface area contributed by atoms with E-state index in [1.807, 2.05) is 37.3 Å². The summed E-state index contributed by atoms with van der Waals surface area (Å²) in [6.07, 6.45) is -2.27. The Labute approximate surface area is 153 Å². The van der Waals surface area contributed by atoms with E-state index in [1.165, 1.54) is 6.92 Å². The van der Waals surface area contributed by atoms with Gasteiger partial charge in [0.25, 0.3) is 0 Å². The summed E-state index contributed by atoms with van der Waals surface area (Å²) in [5.41, 5.74) is 1.52. The molecule has 0 aliphatic rings. The number of rotatable bonds is 9.